The average Bonchev–Trinajstić information content (AvgIpc) is 2.55. The Bertz CT molecular complexity index is 635. The predicted molar refractivity (Wildman–Crippen MR) is 106 cm³/mol. The summed E-state index contributed by atoms with van der Waals surface area (Å²) >= 11 is 0. The average molecular weight is 360 g/mol. The van der Waals surface area contributed by atoms with Crippen LogP contribution in [-0.2, 0) is 9.53 Å². The van der Waals surface area contributed by atoms with E-state index >= 15 is 0 Å². The van der Waals surface area contributed by atoms with Crippen LogP contribution in [0.1, 0.15) is 41.0 Å². The number of ketones is 1. The zero-order valence-corrected chi connectivity index (χ0v) is 16.5. The van der Waals surface area contributed by atoms with Crippen molar-refractivity contribution >= 4 is 5.78 Å². The van der Waals surface area contributed by atoms with Crippen molar-refractivity contribution in [1.82, 2.24) is 0 Å². The number of Topliss-reactive ketones (excluding diaryl/α,β-unsaturated/α-hetero) is 1. The summed E-state index contributed by atoms with van der Waals surface area (Å²) in [6, 6.07) is 0. The van der Waals surface area contributed by atoms with E-state index in [9.17, 15) is 15.0 Å². The van der Waals surface area contributed by atoms with Gasteiger partial charge in [0.1, 0.15) is 12.2 Å². The Kier molecular flexibility index (Phi) is 8.93. The maximum absolute atomic E-state index is 12.6. The third kappa shape index (κ3) is 6.87. The molecule has 4 unspecified atom stereocenters. The zero-order chi connectivity index (χ0) is 19.9. The van der Waals surface area contributed by atoms with Crippen molar-refractivity contribution in [2.75, 3.05) is 6.61 Å². The number of aliphatic hydroxyl groups is 2. The third-order valence-corrected chi connectivity index (χ3v) is 4.48. The van der Waals surface area contributed by atoms with Crippen molar-refractivity contribution in [2.24, 2.45) is 5.92 Å². The molecule has 0 saturated heterocycles. The number of allylic oxidation sites excluding steroid dienone is 8. The first-order valence-electron chi connectivity index (χ1n) is 9.04. The lowest BCUT2D eigenvalue weighted by Crippen LogP contribution is -2.37. The second kappa shape index (κ2) is 10.4. The van der Waals surface area contributed by atoms with Gasteiger partial charge in [-0.2, -0.15) is 0 Å². The summed E-state index contributed by atoms with van der Waals surface area (Å²) in [7, 11) is 0. The topological polar surface area (TPSA) is 66.8 Å². The summed E-state index contributed by atoms with van der Waals surface area (Å²) in [4.78, 5) is 12.6. The van der Waals surface area contributed by atoms with E-state index in [4.69, 9.17) is 4.74 Å². The van der Waals surface area contributed by atoms with Gasteiger partial charge in [-0.15, -0.1) is 0 Å². The van der Waals surface area contributed by atoms with Crippen molar-refractivity contribution in [3.63, 3.8) is 0 Å². The fraction of sp³-hybridized carbons (Fsp3) is 0.500. The summed E-state index contributed by atoms with van der Waals surface area (Å²) < 4.78 is 5.56. The lowest BCUT2D eigenvalue weighted by Gasteiger charge is -2.29. The molecule has 4 heteroatoms. The van der Waals surface area contributed by atoms with Crippen LogP contribution in [0.25, 0.3) is 0 Å². The minimum absolute atomic E-state index is 0.0455. The number of aliphatic hydroxyl groups excluding tert-OH is 2. The molecule has 1 rings (SSSR count). The van der Waals surface area contributed by atoms with Gasteiger partial charge in [0.15, 0.2) is 5.78 Å². The van der Waals surface area contributed by atoms with Crippen molar-refractivity contribution in [1.29, 1.82) is 0 Å². The molecule has 26 heavy (non-hydrogen) atoms. The Morgan fingerprint density at radius 2 is 2.00 bits per heavy atom. The maximum Gasteiger partial charge on any atom is 0.187 e. The maximum atomic E-state index is 12.6. The molecular formula is C22H32O4. The normalized spacial score (nSPS) is 24.6. The molecule has 144 valence electrons. The van der Waals surface area contributed by atoms with Gasteiger partial charge < -0.3 is 14.9 Å². The minimum Gasteiger partial charge on any atom is -0.391 e. The van der Waals surface area contributed by atoms with Gasteiger partial charge in [-0.1, -0.05) is 55.0 Å². The van der Waals surface area contributed by atoms with E-state index in [1.165, 1.54) is 6.92 Å². The minimum atomic E-state index is -0.983. The van der Waals surface area contributed by atoms with E-state index in [0.717, 1.165) is 16.7 Å². The van der Waals surface area contributed by atoms with Crippen LogP contribution in [0.4, 0.5) is 0 Å². The molecule has 0 aromatic rings. The quantitative estimate of drug-likeness (QED) is 0.648. The monoisotopic (exact) mass is 360 g/mol. The molecule has 0 fully saturated rings. The van der Waals surface area contributed by atoms with Crippen LogP contribution >= 0.6 is 0 Å². The number of carbonyl (C=O) groups is 1. The summed E-state index contributed by atoms with van der Waals surface area (Å²) in [6.07, 6.45) is 8.04. The lowest BCUT2D eigenvalue weighted by atomic mass is 9.81. The van der Waals surface area contributed by atoms with Gasteiger partial charge in [-0.05, 0) is 51.2 Å². The number of carbonyl (C=O) groups excluding carboxylic acids is 1. The molecule has 0 amide bonds. The van der Waals surface area contributed by atoms with E-state index in [-0.39, 0.29) is 18.3 Å². The van der Waals surface area contributed by atoms with Gasteiger partial charge in [0.2, 0.25) is 0 Å². The standard InChI is InChI=1S/C22H32O4/c1-14(2)8-7-9-15(3)10-11-19-16(4)12-21(22(25)17(19)5)26-13-20(24)18(6)23/h7-11,16,18,20-21,23-24H,1,12-13H2,2-6H3/b8-7+,11-10+,15-9+. The molecule has 0 aromatic heterocycles. The van der Waals surface area contributed by atoms with E-state index in [1.54, 1.807) is 0 Å². The molecule has 1 aliphatic rings. The fourth-order valence-corrected chi connectivity index (χ4v) is 2.74. The Balaban J connectivity index is 2.82. The summed E-state index contributed by atoms with van der Waals surface area (Å²) in [5.41, 5.74) is 3.79. The zero-order valence-electron chi connectivity index (χ0n) is 16.5. The Morgan fingerprint density at radius 1 is 1.35 bits per heavy atom. The van der Waals surface area contributed by atoms with E-state index in [1.807, 2.05) is 51.2 Å². The molecule has 4 nitrogen and oxygen atoms in total. The van der Waals surface area contributed by atoms with Gasteiger partial charge in [0.05, 0.1) is 12.7 Å². The molecular weight excluding hydrogens is 328 g/mol. The van der Waals surface area contributed by atoms with Gasteiger partial charge in [0, 0.05) is 0 Å². The molecule has 2 N–H and O–H groups in total. The molecule has 0 bridgehead atoms. The van der Waals surface area contributed by atoms with E-state index < -0.39 is 18.3 Å². The highest BCUT2D eigenvalue weighted by atomic mass is 16.5. The Morgan fingerprint density at radius 3 is 2.58 bits per heavy atom. The van der Waals surface area contributed by atoms with Crippen LogP contribution < -0.4 is 0 Å². The molecule has 0 aliphatic heterocycles. The van der Waals surface area contributed by atoms with Crippen LogP contribution in [0.3, 0.4) is 0 Å². The number of rotatable bonds is 8. The first kappa shape index (κ1) is 22.3. The Labute approximate surface area is 157 Å². The van der Waals surface area contributed by atoms with E-state index in [0.29, 0.717) is 12.0 Å². The number of ether oxygens (including phenoxy) is 1. The van der Waals surface area contributed by atoms with Crippen LogP contribution in [0.15, 0.2) is 59.3 Å². The SMILES string of the molecule is C=C(C)/C=C/C=C(C)/C=C/C1=C(C)C(=O)C(OCC(O)C(C)O)CC1C. The Hall–Kier alpha value is -1.75. The molecule has 0 spiro atoms. The van der Waals surface area contributed by atoms with Crippen LogP contribution in [0.5, 0.6) is 0 Å². The molecule has 0 saturated carbocycles. The van der Waals surface area contributed by atoms with Crippen molar-refractivity contribution in [2.45, 2.75) is 59.4 Å². The molecule has 0 radical (unpaired) electrons. The summed E-state index contributed by atoms with van der Waals surface area (Å²) in [6.45, 7) is 13.1. The largest absolute Gasteiger partial charge is 0.391 e. The first-order valence-corrected chi connectivity index (χ1v) is 9.04. The number of hydrogen-bond acceptors (Lipinski definition) is 4. The fourth-order valence-electron chi connectivity index (χ4n) is 2.74. The molecule has 4 atom stereocenters. The van der Waals surface area contributed by atoms with Gasteiger partial charge in [-0.25, -0.2) is 0 Å². The van der Waals surface area contributed by atoms with Gasteiger partial charge >= 0.3 is 0 Å². The molecule has 0 heterocycles. The third-order valence-electron chi connectivity index (χ3n) is 4.48. The lowest BCUT2D eigenvalue weighted by molar-refractivity contribution is -0.132. The molecule has 0 aromatic carbocycles. The van der Waals surface area contributed by atoms with Crippen molar-refractivity contribution in [3.05, 3.63) is 59.3 Å². The van der Waals surface area contributed by atoms with Gasteiger partial charge in [0.25, 0.3) is 0 Å². The second-order valence-electron chi connectivity index (χ2n) is 7.16. The highest BCUT2D eigenvalue weighted by molar-refractivity contribution is 6.00. The second-order valence-corrected chi connectivity index (χ2v) is 7.16. The molecule has 1 aliphatic carbocycles. The van der Waals surface area contributed by atoms with Crippen molar-refractivity contribution in [3.8, 4) is 0 Å². The van der Waals surface area contributed by atoms with Gasteiger partial charge in [-0.3, -0.25) is 4.79 Å². The van der Waals surface area contributed by atoms with Crippen molar-refractivity contribution < 1.29 is 19.7 Å². The predicted octanol–water partition coefficient (Wildman–Crippen LogP) is 3.67. The first-order chi connectivity index (χ1) is 12.1. The van der Waals surface area contributed by atoms with Crippen LogP contribution in [0, 0.1) is 5.92 Å². The van der Waals surface area contributed by atoms with E-state index in [2.05, 4.69) is 13.5 Å². The highest BCUT2D eigenvalue weighted by Gasteiger charge is 2.32. The highest BCUT2D eigenvalue weighted by Crippen LogP contribution is 2.30. The smallest absolute Gasteiger partial charge is 0.187 e. The van der Waals surface area contributed by atoms with Crippen LogP contribution in [-0.4, -0.2) is 40.9 Å². The number of hydrogen-bond donors (Lipinski definition) is 2. The van der Waals surface area contributed by atoms with Crippen LogP contribution in [0.2, 0.25) is 0 Å². The summed E-state index contributed by atoms with van der Waals surface area (Å²) in [5, 5.41) is 19.0. The summed E-state index contributed by atoms with van der Waals surface area (Å²) in [5.74, 6) is 0.126.